The first-order valence-corrected chi connectivity index (χ1v) is 8.68. The molecule has 0 aliphatic carbocycles. The molecule has 0 N–H and O–H groups in total. The number of hydrogen-bond donors (Lipinski definition) is 0. The third kappa shape index (κ3) is 2.74. The molecule has 0 atom stereocenters. The highest BCUT2D eigenvalue weighted by Crippen LogP contribution is 2.29. The summed E-state index contributed by atoms with van der Waals surface area (Å²) in [5, 5.41) is -0.0141. The molecule has 0 spiro atoms. The second-order valence-electron chi connectivity index (χ2n) is 4.86. The molecular weight excluding hydrogens is 356 g/mol. The van der Waals surface area contributed by atoms with E-state index in [4.69, 9.17) is 16.3 Å². The fourth-order valence-corrected chi connectivity index (χ4v) is 4.04. The Hall–Kier alpha value is -2.45. The fraction of sp³-hybridized carbons (Fsp3) is 0.133. The van der Waals surface area contributed by atoms with Crippen LogP contribution in [0.4, 0.5) is 0 Å². The zero-order valence-electron chi connectivity index (χ0n) is 12.2. The van der Waals surface area contributed by atoms with Crippen molar-refractivity contribution in [2.24, 2.45) is 0 Å². The monoisotopic (exact) mass is 366 g/mol. The molecule has 2 heterocycles. The number of hydrogen-bond acceptors (Lipinski definition) is 6. The van der Waals surface area contributed by atoms with Gasteiger partial charge in [-0.25, -0.2) is 22.5 Å². The standard InChI is InChI=1S/C15H11ClN2O5S/c16-13-11(5-3-7-17-13)15(20)23-9-8-18-14(19)10-4-1-2-6-12(10)24(18,21)22/h1-7H,8-9H2. The summed E-state index contributed by atoms with van der Waals surface area (Å²) in [5.41, 5.74) is 0.178. The molecule has 0 fully saturated rings. The Morgan fingerprint density at radius 2 is 1.96 bits per heavy atom. The number of fused-ring (bicyclic) bond motifs is 1. The van der Waals surface area contributed by atoms with E-state index >= 15 is 0 Å². The molecule has 0 radical (unpaired) electrons. The first-order chi connectivity index (χ1) is 11.4. The third-order valence-corrected chi connectivity index (χ3v) is 5.56. The molecule has 3 rings (SSSR count). The zero-order chi connectivity index (χ0) is 17.3. The van der Waals surface area contributed by atoms with Crippen molar-refractivity contribution >= 4 is 33.5 Å². The van der Waals surface area contributed by atoms with Gasteiger partial charge in [0, 0.05) is 6.20 Å². The molecule has 0 saturated carbocycles. The van der Waals surface area contributed by atoms with Crippen molar-refractivity contribution < 1.29 is 22.7 Å². The van der Waals surface area contributed by atoms with Crippen LogP contribution in [0.15, 0.2) is 47.5 Å². The lowest BCUT2D eigenvalue weighted by molar-refractivity contribution is 0.0477. The van der Waals surface area contributed by atoms with Gasteiger partial charge in [-0.3, -0.25) is 4.79 Å². The summed E-state index contributed by atoms with van der Waals surface area (Å²) < 4.78 is 30.3. The van der Waals surface area contributed by atoms with Gasteiger partial charge < -0.3 is 4.74 Å². The number of carbonyl (C=O) groups excluding carboxylic acids is 2. The number of carbonyl (C=O) groups is 2. The Morgan fingerprint density at radius 3 is 2.67 bits per heavy atom. The Balaban J connectivity index is 1.69. The largest absolute Gasteiger partial charge is 0.460 e. The lowest BCUT2D eigenvalue weighted by atomic mass is 10.2. The fourth-order valence-electron chi connectivity index (χ4n) is 2.29. The van der Waals surface area contributed by atoms with Gasteiger partial charge in [0.25, 0.3) is 15.9 Å². The summed E-state index contributed by atoms with van der Waals surface area (Å²) in [6.45, 7) is -0.567. The van der Waals surface area contributed by atoms with Crippen molar-refractivity contribution in [2.75, 3.05) is 13.2 Å². The molecular formula is C15H11ClN2O5S. The van der Waals surface area contributed by atoms with Crippen LogP contribution in [-0.4, -0.2) is 42.7 Å². The lowest BCUT2D eigenvalue weighted by Crippen LogP contribution is -2.33. The normalized spacial score (nSPS) is 15.2. The molecule has 1 amide bonds. The number of sulfonamides is 1. The van der Waals surface area contributed by atoms with Gasteiger partial charge >= 0.3 is 5.97 Å². The maximum absolute atomic E-state index is 12.3. The lowest BCUT2D eigenvalue weighted by Gasteiger charge is -2.15. The molecule has 1 aromatic carbocycles. The number of pyridine rings is 1. The molecule has 1 aromatic heterocycles. The van der Waals surface area contributed by atoms with Crippen LogP contribution in [0.25, 0.3) is 0 Å². The van der Waals surface area contributed by atoms with Gasteiger partial charge in [-0.05, 0) is 24.3 Å². The smallest absolute Gasteiger partial charge is 0.341 e. The van der Waals surface area contributed by atoms with E-state index in [1.807, 2.05) is 0 Å². The van der Waals surface area contributed by atoms with Crippen LogP contribution < -0.4 is 0 Å². The van der Waals surface area contributed by atoms with Gasteiger partial charge in [-0.2, -0.15) is 0 Å². The minimum atomic E-state index is -3.91. The van der Waals surface area contributed by atoms with Crippen LogP contribution in [0, 0.1) is 0 Å². The predicted molar refractivity (Wildman–Crippen MR) is 84.2 cm³/mol. The molecule has 2 aromatic rings. The number of benzene rings is 1. The van der Waals surface area contributed by atoms with Gasteiger partial charge in [0.1, 0.15) is 16.7 Å². The van der Waals surface area contributed by atoms with Crippen molar-refractivity contribution in [1.82, 2.24) is 9.29 Å². The van der Waals surface area contributed by atoms with E-state index in [1.165, 1.54) is 36.5 Å². The van der Waals surface area contributed by atoms with E-state index in [0.29, 0.717) is 4.31 Å². The van der Waals surface area contributed by atoms with Crippen molar-refractivity contribution in [3.63, 3.8) is 0 Å². The third-order valence-electron chi connectivity index (χ3n) is 3.42. The van der Waals surface area contributed by atoms with Gasteiger partial charge in [0.05, 0.1) is 17.7 Å². The molecule has 0 bridgehead atoms. The number of rotatable bonds is 4. The van der Waals surface area contributed by atoms with Gasteiger partial charge in [-0.1, -0.05) is 23.7 Å². The Labute approximate surface area is 142 Å². The van der Waals surface area contributed by atoms with Crippen molar-refractivity contribution in [2.45, 2.75) is 4.90 Å². The van der Waals surface area contributed by atoms with E-state index in [1.54, 1.807) is 6.07 Å². The maximum atomic E-state index is 12.3. The minimum Gasteiger partial charge on any atom is -0.460 e. The van der Waals surface area contributed by atoms with E-state index < -0.39 is 21.9 Å². The summed E-state index contributed by atoms with van der Waals surface area (Å²) >= 11 is 5.78. The molecule has 9 heteroatoms. The Bertz CT molecular complexity index is 929. The molecule has 0 unspecified atom stereocenters. The number of aromatic nitrogens is 1. The number of ether oxygens (including phenoxy) is 1. The average molecular weight is 367 g/mol. The molecule has 24 heavy (non-hydrogen) atoms. The highest BCUT2D eigenvalue weighted by molar-refractivity contribution is 7.90. The average Bonchev–Trinajstić information content (AvgIpc) is 2.76. The Morgan fingerprint density at radius 1 is 1.21 bits per heavy atom. The molecule has 1 aliphatic rings. The van der Waals surface area contributed by atoms with Crippen LogP contribution in [-0.2, 0) is 14.8 Å². The van der Waals surface area contributed by atoms with Crippen LogP contribution in [0.2, 0.25) is 5.15 Å². The van der Waals surface area contributed by atoms with Crippen molar-refractivity contribution in [3.05, 3.63) is 58.9 Å². The second-order valence-corrected chi connectivity index (χ2v) is 7.04. The molecule has 0 saturated heterocycles. The SMILES string of the molecule is O=C(OCCN1C(=O)c2ccccc2S1(=O)=O)c1cccnc1Cl. The van der Waals surface area contributed by atoms with E-state index in [9.17, 15) is 18.0 Å². The highest BCUT2D eigenvalue weighted by atomic mass is 35.5. The summed E-state index contributed by atoms with van der Waals surface area (Å²) in [7, 11) is -3.91. The number of amides is 1. The van der Waals surface area contributed by atoms with E-state index in [0.717, 1.165) is 0 Å². The van der Waals surface area contributed by atoms with Crippen LogP contribution in [0.3, 0.4) is 0 Å². The molecule has 124 valence electrons. The molecule has 7 nitrogen and oxygen atoms in total. The maximum Gasteiger partial charge on any atom is 0.341 e. The van der Waals surface area contributed by atoms with Gasteiger partial charge in [0.15, 0.2) is 0 Å². The van der Waals surface area contributed by atoms with Gasteiger partial charge in [0.2, 0.25) is 0 Å². The van der Waals surface area contributed by atoms with Crippen LogP contribution in [0.1, 0.15) is 20.7 Å². The number of nitrogens with zero attached hydrogens (tertiary/aromatic N) is 2. The zero-order valence-corrected chi connectivity index (χ0v) is 13.7. The number of esters is 1. The highest BCUT2D eigenvalue weighted by Gasteiger charge is 2.40. The van der Waals surface area contributed by atoms with Crippen molar-refractivity contribution in [1.29, 1.82) is 0 Å². The topological polar surface area (TPSA) is 93.6 Å². The summed E-state index contributed by atoms with van der Waals surface area (Å²) in [5.74, 6) is -1.38. The first-order valence-electron chi connectivity index (χ1n) is 6.86. The minimum absolute atomic E-state index is 0.0141. The second kappa shape index (κ2) is 6.21. The number of halogens is 1. The van der Waals surface area contributed by atoms with Crippen LogP contribution >= 0.6 is 11.6 Å². The van der Waals surface area contributed by atoms with E-state index in [-0.39, 0.29) is 34.3 Å². The van der Waals surface area contributed by atoms with E-state index in [2.05, 4.69) is 4.98 Å². The summed E-state index contributed by atoms with van der Waals surface area (Å²) in [6, 6.07) is 8.89. The quantitative estimate of drug-likeness (QED) is 0.604. The first kappa shape index (κ1) is 16.4. The Kier molecular flexibility index (Phi) is 4.25. The molecule has 1 aliphatic heterocycles. The van der Waals surface area contributed by atoms with Crippen LogP contribution in [0.5, 0.6) is 0 Å². The predicted octanol–water partition coefficient (Wildman–Crippen LogP) is 1.74. The summed E-state index contributed by atoms with van der Waals surface area (Å²) in [4.78, 5) is 27.8. The summed E-state index contributed by atoms with van der Waals surface area (Å²) in [6.07, 6.45) is 1.42. The van der Waals surface area contributed by atoms with Gasteiger partial charge in [-0.15, -0.1) is 0 Å². The van der Waals surface area contributed by atoms with Crippen molar-refractivity contribution in [3.8, 4) is 0 Å².